The molecule has 0 aliphatic carbocycles. The molecule has 0 saturated carbocycles. The zero-order valence-corrected chi connectivity index (χ0v) is 11.4. The van der Waals surface area contributed by atoms with Crippen LogP contribution >= 0.6 is 15.9 Å². The van der Waals surface area contributed by atoms with Crippen LogP contribution in [0.2, 0.25) is 0 Å². The van der Waals surface area contributed by atoms with Crippen molar-refractivity contribution in [3.63, 3.8) is 0 Å². The highest BCUT2D eigenvalue weighted by atomic mass is 79.9. The van der Waals surface area contributed by atoms with Crippen LogP contribution in [0.4, 0.5) is 13.2 Å². The molecule has 4 nitrogen and oxygen atoms in total. The van der Waals surface area contributed by atoms with Crippen LogP contribution in [0.1, 0.15) is 6.92 Å². The summed E-state index contributed by atoms with van der Waals surface area (Å²) in [6.07, 6.45) is -5.47. The second-order valence-corrected chi connectivity index (χ2v) is 4.50. The topological polar surface area (TPSA) is 47.6 Å². The van der Waals surface area contributed by atoms with Crippen LogP contribution in [0, 0.1) is 0 Å². The van der Waals surface area contributed by atoms with Crippen molar-refractivity contribution in [3.05, 3.63) is 28.7 Å². The van der Waals surface area contributed by atoms with Gasteiger partial charge in [0.25, 0.3) is 5.91 Å². The summed E-state index contributed by atoms with van der Waals surface area (Å²) in [7, 11) is 0. The van der Waals surface area contributed by atoms with Crippen LogP contribution in [0.15, 0.2) is 28.7 Å². The molecule has 1 atom stereocenters. The van der Waals surface area contributed by atoms with E-state index in [2.05, 4.69) is 20.8 Å². The fourth-order valence-electron chi connectivity index (χ4n) is 1.04. The molecule has 0 bridgehead atoms. The third-order valence-corrected chi connectivity index (χ3v) is 2.43. The van der Waals surface area contributed by atoms with Gasteiger partial charge in [0, 0.05) is 4.47 Å². The highest BCUT2D eigenvalue weighted by Crippen LogP contribution is 2.17. The zero-order chi connectivity index (χ0) is 14.5. The molecule has 1 aromatic rings. The summed E-state index contributed by atoms with van der Waals surface area (Å²) in [4.78, 5) is 15.4. The fraction of sp³-hybridized carbons (Fsp3) is 0.364. The Hall–Kier alpha value is -1.28. The van der Waals surface area contributed by atoms with Gasteiger partial charge in [-0.3, -0.25) is 9.63 Å². The van der Waals surface area contributed by atoms with Gasteiger partial charge in [-0.1, -0.05) is 15.9 Å². The van der Waals surface area contributed by atoms with Crippen molar-refractivity contribution in [2.45, 2.75) is 19.2 Å². The molecule has 0 fully saturated rings. The standard InChI is InChI=1S/C11H11BrF3NO3/c1-7(10(17)16-18-6-11(13,14)15)19-9-4-2-8(12)3-5-9/h2-5,7H,6H2,1H3,(H,16,17). The molecular weight excluding hydrogens is 331 g/mol. The smallest absolute Gasteiger partial charge is 0.414 e. The SMILES string of the molecule is CC(Oc1ccc(Br)cc1)C(=O)NOCC(F)(F)F. The van der Waals surface area contributed by atoms with Gasteiger partial charge in [0.15, 0.2) is 12.7 Å². The molecule has 1 rings (SSSR count). The quantitative estimate of drug-likeness (QED) is 0.838. The van der Waals surface area contributed by atoms with E-state index in [-0.39, 0.29) is 0 Å². The Kier molecular flexibility index (Phi) is 5.61. The number of benzene rings is 1. The summed E-state index contributed by atoms with van der Waals surface area (Å²) in [5.41, 5.74) is 1.68. The number of carbonyl (C=O) groups is 1. The van der Waals surface area contributed by atoms with Crippen molar-refractivity contribution >= 4 is 21.8 Å². The number of amides is 1. The van der Waals surface area contributed by atoms with Crippen molar-refractivity contribution in [3.8, 4) is 5.75 Å². The molecule has 1 unspecified atom stereocenters. The number of alkyl halides is 3. The van der Waals surface area contributed by atoms with Gasteiger partial charge in [-0.25, -0.2) is 5.48 Å². The summed E-state index contributed by atoms with van der Waals surface area (Å²) in [6.45, 7) is -0.155. The van der Waals surface area contributed by atoms with Crippen LogP contribution in [0.3, 0.4) is 0 Å². The van der Waals surface area contributed by atoms with Crippen molar-refractivity contribution in [1.29, 1.82) is 0 Å². The first-order valence-corrected chi connectivity index (χ1v) is 5.98. The number of hydrogen-bond donors (Lipinski definition) is 1. The van der Waals surface area contributed by atoms with E-state index in [1.807, 2.05) is 0 Å². The monoisotopic (exact) mass is 341 g/mol. The summed E-state index contributed by atoms with van der Waals surface area (Å²) in [5, 5.41) is 0. The molecule has 1 amide bonds. The predicted molar refractivity (Wildman–Crippen MR) is 64.4 cm³/mol. The first-order chi connectivity index (χ1) is 8.78. The Morgan fingerprint density at radius 3 is 2.47 bits per heavy atom. The molecule has 8 heteroatoms. The zero-order valence-electron chi connectivity index (χ0n) is 9.83. The Balaban J connectivity index is 2.38. The van der Waals surface area contributed by atoms with Crippen LogP contribution in [0.25, 0.3) is 0 Å². The van der Waals surface area contributed by atoms with Gasteiger partial charge in [0.05, 0.1) is 0 Å². The molecule has 0 aliphatic rings. The first-order valence-electron chi connectivity index (χ1n) is 5.18. The van der Waals surface area contributed by atoms with E-state index in [1.165, 1.54) is 6.92 Å². The number of hydroxylamine groups is 1. The van der Waals surface area contributed by atoms with Crippen molar-refractivity contribution < 1.29 is 27.5 Å². The summed E-state index contributed by atoms with van der Waals surface area (Å²) >= 11 is 3.23. The second kappa shape index (κ2) is 6.76. The van der Waals surface area contributed by atoms with Crippen molar-refractivity contribution in [2.75, 3.05) is 6.61 Å². The summed E-state index contributed by atoms with van der Waals surface area (Å²) in [6, 6.07) is 6.65. The summed E-state index contributed by atoms with van der Waals surface area (Å²) in [5.74, 6) is -0.381. The number of rotatable bonds is 5. The normalized spacial score (nSPS) is 12.9. The van der Waals surface area contributed by atoms with Gasteiger partial charge in [-0.2, -0.15) is 13.2 Å². The van der Waals surface area contributed by atoms with E-state index in [0.717, 1.165) is 4.47 Å². The molecule has 0 aromatic heterocycles. The maximum atomic E-state index is 11.8. The molecule has 0 heterocycles. The fourth-order valence-corrected chi connectivity index (χ4v) is 1.31. The van der Waals surface area contributed by atoms with Gasteiger partial charge < -0.3 is 4.74 Å². The molecular formula is C11H11BrF3NO3. The van der Waals surface area contributed by atoms with E-state index in [0.29, 0.717) is 5.75 Å². The Morgan fingerprint density at radius 1 is 1.37 bits per heavy atom. The lowest BCUT2D eigenvalue weighted by atomic mass is 10.3. The molecule has 19 heavy (non-hydrogen) atoms. The van der Waals surface area contributed by atoms with Crippen molar-refractivity contribution in [2.24, 2.45) is 0 Å². The number of carbonyl (C=O) groups excluding carboxylic acids is 1. The van der Waals surface area contributed by atoms with E-state index in [9.17, 15) is 18.0 Å². The molecule has 106 valence electrons. The van der Waals surface area contributed by atoms with E-state index in [4.69, 9.17) is 4.74 Å². The number of nitrogens with one attached hydrogen (secondary N) is 1. The van der Waals surface area contributed by atoms with E-state index >= 15 is 0 Å². The predicted octanol–water partition coefficient (Wildman–Crippen LogP) is 2.83. The Morgan fingerprint density at radius 2 is 1.95 bits per heavy atom. The minimum Gasteiger partial charge on any atom is -0.481 e. The van der Waals surface area contributed by atoms with Gasteiger partial charge in [-0.15, -0.1) is 0 Å². The van der Waals surface area contributed by atoms with Crippen LogP contribution in [-0.4, -0.2) is 24.8 Å². The molecule has 0 radical (unpaired) electrons. The van der Waals surface area contributed by atoms with E-state index in [1.54, 1.807) is 29.7 Å². The number of halogens is 4. The van der Waals surface area contributed by atoms with E-state index < -0.39 is 24.8 Å². The third-order valence-electron chi connectivity index (χ3n) is 1.90. The van der Waals surface area contributed by atoms with Gasteiger partial charge >= 0.3 is 6.18 Å². The lowest BCUT2D eigenvalue weighted by molar-refractivity contribution is -0.193. The van der Waals surface area contributed by atoms with Gasteiger partial charge in [0.2, 0.25) is 0 Å². The van der Waals surface area contributed by atoms with Crippen LogP contribution in [-0.2, 0) is 9.63 Å². The summed E-state index contributed by atoms with van der Waals surface area (Å²) < 4.78 is 41.4. The minimum atomic E-state index is -4.50. The third kappa shape index (κ3) is 6.44. The molecule has 1 aromatic carbocycles. The average molecular weight is 342 g/mol. The number of hydrogen-bond acceptors (Lipinski definition) is 3. The van der Waals surface area contributed by atoms with Crippen LogP contribution in [0.5, 0.6) is 5.75 Å². The van der Waals surface area contributed by atoms with Crippen molar-refractivity contribution in [1.82, 2.24) is 5.48 Å². The highest BCUT2D eigenvalue weighted by Gasteiger charge is 2.28. The Bertz CT molecular complexity index is 422. The maximum absolute atomic E-state index is 11.8. The molecule has 0 spiro atoms. The average Bonchev–Trinajstić information content (AvgIpc) is 2.30. The highest BCUT2D eigenvalue weighted by molar-refractivity contribution is 9.10. The lowest BCUT2D eigenvalue weighted by Crippen LogP contribution is -2.38. The second-order valence-electron chi connectivity index (χ2n) is 3.58. The lowest BCUT2D eigenvalue weighted by Gasteiger charge is -2.15. The van der Waals surface area contributed by atoms with Crippen LogP contribution < -0.4 is 10.2 Å². The minimum absolute atomic E-state index is 0.418. The largest absolute Gasteiger partial charge is 0.481 e. The van der Waals surface area contributed by atoms with Gasteiger partial charge in [-0.05, 0) is 31.2 Å². The van der Waals surface area contributed by atoms with Gasteiger partial charge in [0.1, 0.15) is 5.75 Å². The Labute approximate surface area is 116 Å². The molecule has 0 aliphatic heterocycles. The molecule has 0 saturated heterocycles. The molecule has 1 N–H and O–H groups in total. The maximum Gasteiger partial charge on any atom is 0.414 e. The number of ether oxygens (including phenoxy) is 1. The first kappa shape index (κ1) is 15.8.